The van der Waals surface area contributed by atoms with Crippen molar-refractivity contribution in [3.05, 3.63) is 60.7 Å². The van der Waals surface area contributed by atoms with Gasteiger partial charge >= 0.3 is 4.33 Å². The van der Waals surface area contributed by atoms with Crippen LogP contribution in [0.1, 0.15) is 25.7 Å². The normalized spacial score (nSPS) is 19.0. The Bertz CT molecular complexity index is 963. The van der Waals surface area contributed by atoms with Gasteiger partial charge in [-0.15, -0.1) is 0 Å². The number of rotatable bonds is 5. The lowest BCUT2D eigenvalue weighted by atomic mass is 9.89. The van der Waals surface area contributed by atoms with Crippen LogP contribution in [-0.4, -0.2) is 27.0 Å². The van der Waals surface area contributed by atoms with Gasteiger partial charge in [-0.2, -0.15) is 0 Å². The van der Waals surface area contributed by atoms with Crippen molar-refractivity contribution in [1.29, 1.82) is 0 Å². The van der Waals surface area contributed by atoms with Crippen LogP contribution in [0.5, 0.6) is 0 Å². The van der Waals surface area contributed by atoms with E-state index in [1.54, 1.807) is 12.1 Å². The van der Waals surface area contributed by atoms with E-state index < -0.39 is 46.1 Å². The summed E-state index contributed by atoms with van der Waals surface area (Å²) < 4.78 is 65.7. The second kappa shape index (κ2) is 7.16. The predicted molar refractivity (Wildman–Crippen MR) is 98.1 cm³/mol. The number of halogens is 1. The minimum absolute atomic E-state index is 0.000364. The first kappa shape index (κ1) is 19.7. The molecule has 0 heterocycles. The summed E-state index contributed by atoms with van der Waals surface area (Å²) in [6, 6.07) is 13.3. The molecule has 8 heteroatoms. The number of benzene rings is 2. The highest BCUT2D eigenvalue weighted by Gasteiger charge is 2.62. The summed E-state index contributed by atoms with van der Waals surface area (Å²) in [6.07, 6.45) is 0.0299. The highest BCUT2D eigenvalue weighted by molar-refractivity contribution is 8.10. The maximum Gasteiger partial charge on any atom is 0.320 e. The summed E-state index contributed by atoms with van der Waals surface area (Å²) >= 11 is 0. The highest BCUT2D eigenvalue weighted by atomic mass is 32.3. The maximum atomic E-state index is 16.4. The summed E-state index contributed by atoms with van der Waals surface area (Å²) in [5.74, 6) is -1.80. The van der Waals surface area contributed by atoms with E-state index in [9.17, 15) is 21.6 Å². The number of hydrogen-bond donors (Lipinski definition) is 0. The Labute approximate surface area is 158 Å². The molecular weight excluding hydrogens is 391 g/mol. The molecule has 0 amide bonds. The van der Waals surface area contributed by atoms with E-state index >= 15 is 4.39 Å². The van der Waals surface area contributed by atoms with Gasteiger partial charge in [0, 0.05) is 18.8 Å². The van der Waals surface area contributed by atoms with Gasteiger partial charge < -0.3 is 0 Å². The second-order valence-corrected chi connectivity index (χ2v) is 11.0. The maximum absolute atomic E-state index is 16.4. The molecule has 2 aromatic carbocycles. The Kier molecular flexibility index (Phi) is 5.22. The lowest BCUT2D eigenvalue weighted by Crippen LogP contribution is -2.50. The van der Waals surface area contributed by atoms with Crippen LogP contribution < -0.4 is 0 Å². The van der Waals surface area contributed by atoms with Crippen LogP contribution in [0.25, 0.3) is 0 Å². The average molecular weight is 410 g/mol. The first-order valence-electron chi connectivity index (χ1n) is 8.51. The third-order valence-electron chi connectivity index (χ3n) is 4.81. The molecule has 3 rings (SSSR count). The molecule has 5 nitrogen and oxygen atoms in total. The molecule has 0 radical (unpaired) electrons. The zero-order valence-corrected chi connectivity index (χ0v) is 16.0. The predicted octanol–water partition coefficient (Wildman–Crippen LogP) is 3.32. The van der Waals surface area contributed by atoms with E-state index in [-0.39, 0.29) is 25.0 Å². The molecule has 1 saturated carbocycles. The average Bonchev–Trinajstić information content (AvgIpc) is 2.68. The van der Waals surface area contributed by atoms with Gasteiger partial charge in [-0.1, -0.05) is 36.4 Å². The van der Waals surface area contributed by atoms with Crippen molar-refractivity contribution in [2.45, 2.75) is 39.8 Å². The van der Waals surface area contributed by atoms with E-state index in [0.717, 1.165) is 24.3 Å². The summed E-state index contributed by atoms with van der Waals surface area (Å²) in [7, 11) is -9.87. The van der Waals surface area contributed by atoms with Gasteiger partial charge in [0.2, 0.25) is 19.7 Å². The molecule has 0 N–H and O–H groups in total. The van der Waals surface area contributed by atoms with Crippen LogP contribution in [0.2, 0.25) is 0 Å². The standard InChI is InChI=1S/C19H19FO5S2/c20-19(15-8-7-9-16(21)14-15,26(22,23)17-10-3-1-4-11-17)27(24,25)18-12-5-2-6-13-18/h1-6,10-13,15H,7-9,14H2. The Hall–Kier alpha value is -2.06. The van der Waals surface area contributed by atoms with Crippen LogP contribution in [0.15, 0.2) is 70.5 Å². The van der Waals surface area contributed by atoms with Gasteiger partial charge in [0.1, 0.15) is 5.78 Å². The molecule has 1 aliphatic rings. The molecule has 1 fully saturated rings. The zero-order valence-electron chi connectivity index (χ0n) is 14.4. The third kappa shape index (κ3) is 3.21. The number of hydrogen-bond acceptors (Lipinski definition) is 5. The first-order valence-corrected chi connectivity index (χ1v) is 11.5. The molecule has 144 valence electrons. The van der Waals surface area contributed by atoms with E-state index in [1.807, 2.05) is 0 Å². The van der Waals surface area contributed by atoms with E-state index in [2.05, 4.69) is 0 Å². The molecule has 1 aliphatic carbocycles. The van der Waals surface area contributed by atoms with Gasteiger partial charge in [0.05, 0.1) is 9.79 Å². The fraction of sp³-hybridized carbons (Fsp3) is 0.316. The number of Topliss-reactive ketones (excluding diaryl/α,β-unsaturated/α-hetero) is 1. The van der Waals surface area contributed by atoms with Gasteiger partial charge in [-0.25, -0.2) is 21.2 Å². The molecule has 1 unspecified atom stereocenters. The fourth-order valence-corrected chi connectivity index (χ4v) is 8.11. The zero-order chi connectivity index (χ0) is 19.7. The second-order valence-electron chi connectivity index (χ2n) is 6.55. The molecule has 0 bridgehead atoms. The Balaban J connectivity index is 2.26. The molecule has 1 atom stereocenters. The van der Waals surface area contributed by atoms with Crippen molar-refractivity contribution >= 4 is 25.5 Å². The summed E-state index contributed by atoms with van der Waals surface area (Å²) in [4.78, 5) is 11.0. The van der Waals surface area contributed by atoms with Crippen LogP contribution in [0.3, 0.4) is 0 Å². The lowest BCUT2D eigenvalue weighted by molar-refractivity contribution is -0.122. The monoisotopic (exact) mass is 410 g/mol. The van der Waals surface area contributed by atoms with Crippen LogP contribution in [0.4, 0.5) is 4.39 Å². The van der Waals surface area contributed by atoms with Crippen molar-refractivity contribution in [1.82, 2.24) is 0 Å². The Morgan fingerprint density at radius 2 is 1.26 bits per heavy atom. The smallest absolute Gasteiger partial charge is 0.300 e. The molecule has 0 aliphatic heterocycles. The Morgan fingerprint density at radius 1 is 0.815 bits per heavy atom. The van der Waals surface area contributed by atoms with Crippen LogP contribution >= 0.6 is 0 Å². The number of carbonyl (C=O) groups is 1. The number of sulfone groups is 2. The quantitative estimate of drug-likeness (QED) is 0.755. The third-order valence-corrected chi connectivity index (χ3v) is 10.0. The Morgan fingerprint density at radius 3 is 1.67 bits per heavy atom. The number of ketones is 1. The summed E-state index contributed by atoms with van der Waals surface area (Å²) in [5.41, 5.74) is 0. The van der Waals surface area contributed by atoms with Crippen molar-refractivity contribution in [3.8, 4) is 0 Å². The molecule has 27 heavy (non-hydrogen) atoms. The molecule has 0 spiro atoms. The van der Waals surface area contributed by atoms with Crippen molar-refractivity contribution < 1.29 is 26.0 Å². The van der Waals surface area contributed by atoms with Crippen LogP contribution in [-0.2, 0) is 24.5 Å². The highest BCUT2D eigenvalue weighted by Crippen LogP contribution is 2.47. The number of alkyl halides is 1. The van der Waals surface area contributed by atoms with Gasteiger partial charge in [-0.3, -0.25) is 4.79 Å². The van der Waals surface area contributed by atoms with E-state index in [1.165, 1.54) is 24.3 Å². The van der Waals surface area contributed by atoms with Gasteiger partial charge in [0.15, 0.2) is 0 Å². The molecule has 2 aromatic rings. The molecule has 0 aromatic heterocycles. The minimum Gasteiger partial charge on any atom is -0.300 e. The summed E-state index contributed by atoms with van der Waals surface area (Å²) in [6.45, 7) is 0. The van der Waals surface area contributed by atoms with Crippen molar-refractivity contribution in [2.75, 3.05) is 0 Å². The number of carbonyl (C=O) groups excluding carboxylic acids is 1. The topological polar surface area (TPSA) is 85.3 Å². The van der Waals surface area contributed by atoms with Gasteiger partial charge in [-0.05, 0) is 37.1 Å². The fourth-order valence-electron chi connectivity index (χ4n) is 3.42. The van der Waals surface area contributed by atoms with E-state index in [0.29, 0.717) is 0 Å². The molecular formula is C19H19FO5S2. The lowest BCUT2D eigenvalue weighted by Gasteiger charge is -2.34. The van der Waals surface area contributed by atoms with Crippen LogP contribution in [0, 0.1) is 5.92 Å². The van der Waals surface area contributed by atoms with E-state index in [4.69, 9.17) is 0 Å². The largest absolute Gasteiger partial charge is 0.320 e. The summed E-state index contributed by atoms with van der Waals surface area (Å²) in [5, 5.41) is 0. The SMILES string of the molecule is O=C1CCCC(C(F)(S(=O)(=O)c2ccccc2)S(=O)(=O)c2ccccc2)C1. The van der Waals surface area contributed by atoms with Crippen molar-refractivity contribution in [2.24, 2.45) is 5.92 Å². The van der Waals surface area contributed by atoms with Crippen molar-refractivity contribution in [3.63, 3.8) is 0 Å². The van der Waals surface area contributed by atoms with Gasteiger partial charge in [0.25, 0.3) is 0 Å². The molecule has 0 saturated heterocycles. The first-order chi connectivity index (χ1) is 12.7. The minimum atomic E-state index is -4.94.